The van der Waals surface area contributed by atoms with Crippen LogP contribution in [0.15, 0.2) is 95.3 Å². The molecular weight excluding hydrogens is 753 g/mol. The van der Waals surface area contributed by atoms with Crippen molar-refractivity contribution < 1.29 is 60.1 Å². The van der Waals surface area contributed by atoms with Crippen LogP contribution in [0.25, 0.3) is 28.2 Å². The molecule has 15 heteroatoms. The van der Waals surface area contributed by atoms with Crippen LogP contribution in [0.3, 0.4) is 0 Å². The van der Waals surface area contributed by atoms with Crippen molar-refractivity contribution in [2.45, 2.75) is 26.3 Å². The summed E-state index contributed by atoms with van der Waals surface area (Å²) in [7, 11) is -6.82. The van der Waals surface area contributed by atoms with Crippen LogP contribution < -0.4 is 43.9 Å². The van der Waals surface area contributed by atoms with E-state index in [1.807, 2.05) is 101 Å². The number of benzene rings is 3. The van der Waals surface area contributed by atoms with Crippen LogP contribution in [-0.4, -0.2) is 55.1 Å². The van der Waals surface area contributed by atoms with E-state index in [0.717, 1.165) is 49.7 Å². The van der Waals surface area contributed by atoms with Crippen molar-refractivity contribution in [2.75, 3.05) is 34.4 Å². The largest absolute Gasteiger partial charge is 1.00 e. The van der Waals surface area contributed by atoms with Crippen molar-refractivity contribution in [1.82, 2.24) is 4.57 Å². The number of anilines is 2. The van der Waals surface area contributed by atoms with Crippen molar-refractivity contribution in [3.05, 3.63) is 107 Å². The van der Waals surface area contributed by atoms with E-state index in [1.165, 1.54) is 0 Å². The van der Waals surface area contributed by atoms with Crippen molar-refractivity contribution in [3.63, 3.8) is 0 Å². The number of hydrogen-bond donors (Lipinski definition) is 0. The molecule has 4 aromatic rings. The molecule has 0 saturated heterocycles. The molecular formula is C35H35BrN5NaO6S2. The number of aromatic nitrogens is 2. The van der Waals surface area contributed by atoms with Crippen LogP contribution in [0.2, 0.25) is 0 Å². The van der Waals surface area contributed by atoms with E-state index in [0.29, 0.717) is 18.7 Å². The zero-order valence-corrected chi connectivity index (χ0v) is 33.2. The zero-order chi connectivity index (χ0) is 35.3. The van der Waals surface area contributed by atoms with Gasteiger partial charge in [0.25, 0.3) is 5.82 Å². The maximum absolute atomic E-state index is 11.4. The molecule has 0 bridgehead atoms. The maximum Gasteiger partial charge on any atom is 1.00 e. The first-order valence-corrected chi connectivity index (χ1v) is 19.5. The summed E-state index contributed by atoms with van der Waals surface area (Å²) in [5.41, 5.74) is 5.96. The summed E-state index contributed by atoms with van der Waals surface area (Å²) in [6.07, 6.45) is 9.65. The Labute approximate surface area is 323 Å². The molecule has 256 valence electrons. The van der Waals surface area contributed by atoms with Gasteiger partial charge in [-0.25, -0.2) is 26.0 Å². The van der Waals surface area contributed by atoms with Crippen LogP contribution in [0.1, 0.15) is 31.2 Å². The monoisotopic (exact) mass is 787 g/mol. The molecule has 0 amide bonds. The Morgan fingerprint density at radius 1 is 0.840 bits per heavy atom. The van der Waals surface area contributed by atoms with Crippen molar-refractivity contribution in [3.8, 4) is 17.2 Å². The quantitative estimate of drug-likeness (QED) is 0.0861. The van der Waals surface area contributed by atoms with Gasteiger partial charge in [0.05, 0.1) is 56.8 Å². The summed E-state index contributed by atoms with van der Waals surface area (Å²) >= 11 is 3.47. The van der Waals surface area contributed by atoms with Crippen LogP contribution in [0.5, 0.6) is 0 Å². The molecule has 0 radical (unpaired) electrons. The number of fused-ring (bicyclic) bond motifs is 2. The van der Waals surface area contributed by atoms with Gasteiger partial charge < -0.3 is 18.9 Å². The first-order chi connectivity index (χ1) is 23.3. The van der Waals surface area contributed by atoms with E-state index in [-0.39, 0.29) is 48.9 Å². The maximum atomic E-state index is 11.4. The smallest absolute Gasteiger partial charge is 0.748 e. The molecule has 0 unspecified atom stereocenters. The Bertz CT molecular complexity index is 2230. The zero-order valence-electron chi connectivity index (χ0n) is 28.0. The third kappa shape index (κ3) is 9.54. The Balaban J connectivity index is 0.00000562. The van der Waals surface area contributed by atoms with Gasteiger partial charge >= 0.3 is 29.6 Å². The molecule has 3 aromatic carbocycles. The molecule has 1 aliphatic rings. The van der Waals surface area contributed by atoms with Gasteiger partial charge in [0.1, 0.15) is 5.82 Å². The van der Waals surface area contributed by atoms with E-state index < -0.39 is 31.7 Å². The van der Waals surface area contributed by atoms with Gasteiger partial charge in [-0.05, 0) is 85.5 Å². The second kappa shape index (κ2) is 16.8. The normalized spacial score (nSPS) is 14.2. The average Bonchev–Trinajstić information content (AvgIpc) is 3.49. The molecule has 5 rings (SSSR count). The fraction of sp³-hybridized carbons (Fsp3) is 0.257. The fourth-order valence-corrected chi connectivity index (χ4v) is 7.26. The number of hydrogen-bond acceptors (Lipinski definition) is 9. The second-order valence-electron chi connectivity index (χ2n) is 11.5. The van der Waals surface area contributed by atoms with E-state index in [4.69, 9.17) is 0 Å². The van der Waals surface area contributed by atoms with Crippen LogP contribution in [0.4, 0.5) is 11.4 Å². The molecule has 0 fully saturated rings. The molecule has 1 aliphatic heterocycles. The number of nitriles is 1. The van der Waals surface area contributed by atoms with Crippen molar-refractivity contribution in [2.24, 2.45) is 7.05 Å². The molecule has 2 heterocycles. The second-order valence-corrected chi connectivity index (χ2v) is 15.5. The van der Waals surface area contributed by atoms with Gasteiger partial charge in [-0.15, -0.1) is 0 Å². The van der Waals surface area contributed by atoms with E-state index in [1.54, 1.807) is 12.1 Å². The number of allylic oxidation sites excluding steroid dienone is 4. The molecule has 0 aliphatic carbocycles. The molecule has 50 heavy (non-hydrogen) atoms. The van der Waals surface area contributed by atoms with Crippen LogP contribution >= 0.6 is 15.9 Å². The molecule has 0 N–H and O–H groups in total. The van der Waals surface area contributed by atoms with Gasteiger partial charge in [0.15, 0.2) is 11.0 Å². The molecule has 0 spiro atoms. The van der Waals surface area contributed by atoms with Gasteiger partial charge in [0, 0.05) is 35.1 Å². The number of imidazole rings is 1. The van der Waals surface area contributed by atoms with Crippen LogP contribution in [0, 0.1) is 11.3 Å². The molecule has 0 saturated carbocycles. The first kappa shape index (κ1) is 39.5. The summed E-state index contributed by atoms with van der Waals surface area (Å²) in [6, 6.07) is 21.6. The van der Waals surface area contributed by atoms with Crippen molar-refractivity contribution in [1.29, 1.82) is 5.26 Å². The third-order valence-corrected chi connectivity index (χ3v) is 10.4. The predicted molar refractivity (Wildman–Crippen MR) is 192 cm³/mol. The minimum absolute atomic E-state index is 0. The summed E-state index contributed by atoms with van der Waals surface area (Å²) in [6.45, 7) is 3.19. The fourth-order valence-electron chi connectivity index (χ4n) is 6.03. The summed E-state index contributed by atoms with van der Waals surface area (Å²) in [4.78, 5) is 3.98. The van der Waals surface area contributed by atoms with Gasteiger partial charge in [0.2, 0.25) is 0 Å². The summed E-state index contributed by atoms with van der Waals surface area (Å²) < 4.78 is 73.1. The van der Waals surface area contributed by atoms with Crippen LogP contribution in [-0.2, 0) is 33.8 Å². The molecule has 11 nitrogen and oxygen atoms in total. The minimum Gasteiger partial charge on any atom is -0.748 e. The number of aryl methyl sites for hydroxylation is 2. The third-order valence-electron chi connectivity index (χ3n) is 8.25. The van der Waals surface area contributed by atoms with E-state index in [2.05, 4.69) is 33.0 Å². The first-order valence-electron chi connectivity index (χ1n) is 15.6. The minimum atomic E-state index is -4.38. The topological polar surface area (TPSA) is 153 Å². The standard InChI is InChI=1S/C35H36BrN5O6S2.Na/c1-3-39-31-17-11-26(25-37)23-32(31)41(20-8-22-49(45,46)47)35(39)10-6-4-5-9-34-38(2)30-18-14-28(27-12-15-29(36)16-13-27)24-33(30)40(34)19-7-21-48(42,43)44;/h4-6,9-18,23-24H,3,7-8,19-22H2,1-2H3,(H-,42,43,44,45,46,47);/q;+1/p-1. The number of rotatable bonds is 13. The average molecular weight is 789 g/mol. The predicted octanol–water partition coefficient (Wildman–Crippen LogP) is 2.40. The van der Waals surface area contributed by atoms with E-state index >= 15 is 0 Å². The Morgan fingerprint density at radius 2 is 1.50 bits per heavy atom. The van der Waals surface area contributed by atoms with Crippen molar-refractivity contribution >= 4 is 64.7 Å². The Morgan fingerprint density at radius 3 is 2.14 bits per heavy atom. The number of halogens is 1. The Kier molecular flexibility index (Phi) is 13.3. The van der Waals surface area contributed by atoms with Gasteiger partial charge in [-0.1, -0.05) is 46.3 Å². The Hall–Kier alpha value is -3.26. The van der Waals surface area contributed by atoms with Gasteiger partial charge in [-0.3, -0.25) is 0 Å². The number of nitrogens with zero attached hydrogens (tertiary/aromatic N) is 5. The SMILES string of the molecule is CCN1\C(=C/C=C/C=C/c2n(CCCS(=O)(=O)[O-])c3cc(-c4ccc(Br)cc4)ccc3[n+]2C)N(CCCS(=O)(=O)[O-])c2cc(C#N)ccc21.[Na+]. The van der Waals surface area contributed by atoms with E-state index in [9.17, 15) is 31.2 Å². The van der Waals surface area contributed by atoms with Gasteiger partial charge in [-0.2, -0.15) is 5.26 Å². The molecule has 1 aromatic heterocycles. The summed E-state index contributed by atoms with van der Waals surface area (Å²) in [5, 5.41) is 9.48. The summed E-state index contributed by atoms with van der Waals surface area (Å²) in [5.74, 6) is 0.615. The molecule has 0 atom stereocenters.